The molecular formula is C13H18ClFO2. The summed E-state index contributed by atoms with van der Waals surface area (Å²) in [4.78, 5) is 0. The molecule has 2 nitrogen and oxygen atoms in total. The van der Waals surface area contributed by atoms with Crippen LogP contribution in [0.15, 0.2) is 18.2 Å². The van der Waals surface area contributed by atoms with Crippen molar-refractivity contribution in [1.29, 1.82) is 0 Å². The molecule has 0 spiro atoms. The van der Waals surface area contributed by atoms with Crippen LogP contribution in [0.4, 0.5) is 4.39 Å². The quantitative estimate of drug-likeness (QED) is 0.874. The predicted molar refractivity (Wildman–Crippen MR) is 66.7 cm³/mol. The third-order valence-corrected chi connectivity index (χ3v) is 3.19. The summed E-state index contributed by atoms with van der Waals surface area (Å²) in [5.41, 5.74) is 0.355. The van der Waals surface area contributed by atoms with Gasteiger partial charge in [0, 0.05) is 7.11 Å². The third kappa shape index (κ3) is 4.26. The van der Waals surface area contributed by atoms with E-state index in [1.807, 2.05) is 13.8 Å². The summed E-state index contributed by atoms with van der Waals surface area (Å²) in [5.74, 6) is -0.472. The van der Waals surface area contributed by atoms with Gasteiger partial charge in [0.2, 0.25) is 0 Å². The molecule has 0 bridgehead atoms. The Morgan fingerprint density at radius 1 is 1.47 bits per heavy atom. The first-order chi connectivity index (χ1) is 7.85. The van der Waals surface area contributed by atoms with Crippen molar-refractivity contribution in [3.63, 3.8) is 0 Å². The first kappa shape index (κ1) is 14.4. The van der Waals surface area contributed by atoms with Gasteiger partial charge in [-0.25, -0.2) is 4.39 Å². The molecule has 0 aliphatic rings. The molecule has 96 valence electrons. The molecule has 1 aromatic rings. The van der Waals surface area contributed by atoms with Crippen molar-refractivity contribution in [3.8, 4) is 0 Å². The van der Waals surface area contributed by atoms with Crippen LogP contribution < -0.4 is 0 Å². The van der Waals surface area contributed by atoms with Crippen LogP contribution in [0.1, 0.15) is 38.4 Å². The number of hydrogen-bond donors (Lipinski definition) is 1. The molecule has 0 radical (unpaired) electrons. The Labute approximate surface area is 106 Å². The van der Waals surface area contributed by atoms with E-state index in [1.54, 1.807) is 13.2 Å². The molecule has 1 unspecified atom stereocenters. The van der Waals surface area contributed by atoms with Crippen LogP contribution >= 0.6 is 11.6 Å². The monoisotopic (exact) mass is 260 g/mol. The van der Waals surface area contributed by atoms with Gasteiger partial charge in [0.1, 0.15) is 5.82 Å². The summed E-state index contributed by atoms with van der Waals surface area (Å²) in [7, 11) is 1.64. The zero-order valence-electron chi connectivity index (χ0n) is 10.3. The molecule has 1 aromatic carbocycles. The smallest absolute Gasteiger partial charge is 0.141 e. The van der Waals surface area contributed by atoms with Crippen LogP contribution in [-0.4, -0.2) is 17.8 Å². The van der Waals surface area contributed by atoms with E-state index in [1.165, 1.54) is 12.1 Å². The number of aliphatic hydroxyl groups is 1. The lowest BCUT2D eigenvalue weighted by Crippen LogP contribution is -2.23. The molecule has 0 fully saturated rings. The summed E-state index contributed by atoms with van der Waals surface area (Å²) in [6.45, 7) is 3.91. The fourth-order valence-electron chi connectivity index (χ4n) is 1.47. The van der Waals surface area contributed by atoms with E-state index in [9.17, 15) is 9.50 Å². The Morgan fingerprint density at radius 2 is 2.12 bits per heavy atom. The number of benzene rings is 1. The maximum absolute atomic E-state index is 13.0. The highest BCUT2D eigenvalue weighted by Gasteiger charge is 2.19. The van der Waals surface area contributed by atoms with Crippen molar-refractivity contribution >= 4 is 11.6 Å². The second kappa shape index (κ2) is 5.80. The molecular weight excluding hydrogens is 243 g/mol. The second-order valence-corrected chi connectivity index (χ2v) is 5.10. The molecule has 0 aliphatic carbocycles. The zero-order chi connectivity index (χ0) is 13.1. The topological polar surface area (TPSA) is 29.5 Å². The maximum Gasteiger partial charge on any atom is 0.141 e. The minimum absolute atomic E-state index is 0.0348. The zero-order valence-corrected chi connectivity index (χ0v) is 11.1. The molecule has 4 heteroatoms. The van der Waals surface area contributed by atoms with Gasteiger partial charge in [0.25, 0.3) is 0 Å². The van der Waals surface area contributed by atoms with Crippen LogP contribution in [0, 0.1) is 5.82 Å². The number of rotatable bonds is 5. The average Bonchev–Trinajstić information content (AvgIpc) is 2.30. The maximum atomic E-state index is 13.0. The van der Waals surface area contributed by atoms with Gasteiger partial charge in [-0.15, -0.1) is 0 Å². The Hall–Kier alpha value is -0.640. The van der Waals surface area contributed by atoms with Gasteiger partial charge in [0.15, 0.2) is 0 Å². The highest BCUT2D eigenvalue weighted by atomic mass is 35.5. The summed E-state index contributed by atoms with van der Waals surface area (Å²) in [6, 6.07) is 4.27. The number of ether oxygens (including phenoxy) is 1. The van der Waals surface area contributed by atoms with Crippen LogP contribution in [0.2, 0.25) is 5.02 Å². The summed E-state index contributed by atoms with van der Waals surface area (Å²) >= 11 is 5.66. The van der Waals surface area contributed by atoms with Gasteiger partial charge in [-0.3, -0.25) is 0 Å². The van der Waals surface area contributed by atoms with Crippen molar-refractivity contribution in [2.24, 2.45) is 0 Å². The summed E-state index contributed by atoms with van der Waals surface area (Å²) in [5, 5.41) is 9.99. The largest absolute Gasteiger partial charge is 0.388 e. The van der Waals surface area contributed by atoms with Crippen molar-refractivity contribution in [2.75, 3.05) is 7.11 Å². The van der Waals surface area contributed by atoms with Gasteiger partial charge in [0.05, 0.1) is 16.7 Å². The minimum Gasteiger partial charge on any atom is -0.388 e. The standard InChI is InChI=1S/C13H18ClFO2/c1-13(2,17-3)7-6-12(16)9-4-5-11(15)10(14)8-9/h4-5,8,12,16H,6-7H2,1-3H3. The van der Waals surface area contributed by atoms with Crippen LogP contribution in [-0.2, 0) is 4.74 Å². The molecule has 0 aromatic heterocycles. The third-order valence-electron chi connectivity index (χ3n) is 2.90. The molecule has 0 amide bonds. The molecule has 1 N–H and O–H groups in total. The fourth-order valence-corrected chi connectivity index (χ4v) is 1.66. The van der Waals surface area contributed by atoms with Crippen molar-refractivity contribution < 1.29 is 14.2 Å². The van der Waals surface area contributed by atoms with E-state index in [2.05, 4.69) is 0 Å². The Kier molecular flexibility index (Phi) is 4.92. The van der Waals surface area contributed by atoms with E-state index in [0.29, 0.717) is 18.4 Å². The van der Waals surface area contributed by atoms with E-state index < -0.39 is 11.9 Å². The number of hydrogen-bond acceptors (Lipinski definition) is 2. The highest BCUT2D eigenvalue weighted by molar-refractivity contribution is 6.30. The lowest BCUT2D eigenvalue weighted by Gasteiger charge is -2.24. The van der Waals surface area contributed by atoms with Crippen LogP contribution in [0.5, 0.6) is 0 Å². The normalized spacial score (nSPS) is 13.8. The molecule has 0 heterocycles. The van der Waals surface area contributed by atoms with E-state index in [4.69, 9.17) is 16.3 Å². The van der Waals surface area contributed by atoms with Gasteiger partial charge < -0.3 is 9.84 Å². The highest BCUT2D eigenvalue weighted by Crippen LogP contribution is 2.26. The van der Waals surface area contributed by atoms with Crippen molar-refractivity contribution in [3.05, 3.63) is 34.6 Å². The SMILES string of the molecule is COC(C)(C)CCC(O)c1ccc(F)c(Cl)c1. The molecule has 17 heavy (non-hydrogen) atoms. The van der Waals surface area contributed by atoms with Gasteiger partial charge in [-0.05, 0) is 44.4 Å². The van der Waals surface area contributed by atoms with E-state index in [-0.39, 0.29) is 10.6 Å². The lowest BCUT2D eigenvalue weighted by atomic mass is 9.97. The van der Waals surface area contributed by atoms with Crippen LogP contribution in [0.3, 0.4) is 0 Å². The van der Waals surface area contributed by atoms with Gasteiger partial charge in [-0.2, -0.15) is 0 Å². The number of aliphatic hydroxyl groups excluding tert-OH is 1. The Bertz CT molecular complexity index is 380. The first-order valence-corrected chi connectivity index (χ1v) is 5.92. The summed E-state index contributed by atoms with van der Waals surface area (Å²) < 4.78 is 18.2. The van der Waals surface area contributed by atoms with Gasteiger partial charge in [-0.1, -0.05) is 17.7 Å². The first-order valence-electron chi connectivity index (χ1n) is 5.54. The lowest BCUT2D eigenvalue weighted by molar-refractivity contribution is 0.00278. The fraction of sp³-hybridized carbons (Fsp3) is 0.538. The minimum atomic E-state index is -0.650. The Morgan fingerprint density at radius 3 is 2.65 bits per heavy atom. The van der Waals surface area contributed by atoms with Crippen molar-refractivity contribution in [1.82, 2.24) is 0 Å². The van der Waals surface area contributed by atoms with Crippen molar-refractivity contribution in [2.45, 2.75) is 38.4 Å². The summed E-state index contributed by atoms with van der Waals surface area (Å²) in [6.07, 6.45) is 0.602. The Balaban J connectivity index is 2.64. The molecule has 1 rings (SSSR count). The predicted octanol–water partition coefficient (Wildman–Crippen LogP) is 3.72. The molecule has 1 atom stereocenters. The molecule has 0 saturated heterocycles. The van der Waals surface area contributed by atoms with E-state index in [0.717, 1.165) is 0 Å². The van der Waals surface area contributed by atoms with Gasteiger partial charge >= 0.3 is 0 Å². The number of halogens is 2. The number of methoxy groups -OCH3 is 1. The van der Waals surface area contributed by atoms with Crippen LogP contribution in [0.25, 0.3) is 0 Å². The average molecular weight is 261 g/mol. The molecule has 0 aliphatic heterocycles. The second-order valence-electron chi connectivity index (χ2n) is 4.69. The molecule has 0 saturated carbocycles. The van der Waals surface area contributed by atoms with E-state index >= 15 is 0 Å².